The molecule has 2 N–H and O–H groups in total. The predicted molar refractivity (Wildman–Crippen MR) is 40.8 cm³/mol. The maximum atomic E-state index is 11.2. The van der Waals surface area contributed by atoms with E-state index in [1.165, 1.54) is 7.11 Å². The van der Waals surface area contributed by atoms with Crippen LogP contribution in [0, 0.1) is 0 Å². The van der Waals surface area contributed by atoms with Crippen LogP contribution >= 0.6 is 0 Å². The molecule has 0 amide bonds. The molecular weight excluding hydrogens is 144 g/mol. The fraction of sp³-hybridized carbons (Fsp3) is 0.857. The molecule has 1 unspecified atom stereocenters. The van der Waals surface area contributed by atoms with E-state index in [4.69, 9.17) is 0 Å². The molecule has 1 rings (SSSR count). The predicted octanol–water partition coefficient (Wildman–Crippen LogP) is -0.194. The SMILES string of the molecule is COC(=O)C1(C)CCCNN1. The fourth-order valence-corrected chi connectivity index (χ4v) is 1.23. The number of methoxy groups -OCH3 is 1. The first-order chi connectivity index (χ1) is 5.19. The van der Waals surface area contributed by atoms with Crippen molar-refractivity contribution in [1.82, 2.24) is 10.9 Å². The standard InChI is InChI=1S/C7H14N2O2/c1-7(6(10)11-2)4-3-5-8-9-7/h8-9H,3-5H2,1-2H3. The fourth-order valence-electron chi connectivity index (χ4n) is 1.23. The highest BCUT2D eigenvalue weighted by atomic mass is 16.5. The van der Waals surface area contributed by atoms with E-state index in [9.17, 15) is 4.79 Å². The highest BCUT2D eigenvalue weighted by Gasteiger charge is 2.35. The van der Waals surface area contributed by atoms with Gasteiger partial charge in [-0.25, -0.2) is 5.43 Å². The van der Waals surface area contributed by atoms with Crippen LogP contribution < -0.4 is 10.9 Å². The van der Waals surface area contributed by atoms with E-state index in [0.717, 1.165) is 19.4 Å². The third kappa shape index (κ3) is 1.70. The molecule has 1 fully saturated rings. The maximum absolute atomic E-state index is 11.2. The van der Waals surface area contributed by atoms with E-state index in [2.05, 4.69) is 15.6 Å². The van der Waals surface area contributed by atoms with Gasteiger partial charge in [-0.05, 0) is 19.8 Å². The second-order valence-electron chi connectivity index (χ2n) is 2.98. The Morgan fingerprint density at radius 3 is 2.82 bits per heavy atom. The van der Waals surface area contributed by atoms with Crippen molar-refractivity contribution in [3.63, 3.8) is 0 Å². The molecule has 0 spiro atoms. The zero-order chi connectivity index (χ0) is 8.32. The van der Waals surface area contributed by atoms with Gasteiger partial charge in [0.2, 0.25) is 0 Å². The summed E-state index contributed by atoms with van der Waals surface area (Å²) in [5.41, 5.74) is 5.33. The largest absolute Gasteiger partial charge is 0.468 e. The lowest BCUT2D eigenvalue weighted by atomic mass is 9.95. The van der Waals surface area contributed by atoms with Crippen LogP contribution in [0.5, 0.6) is 0 Å². The zero-order valence-corrected chi connectivity index (χ0v) is 6.94. The molecule has 11 heavy (non-hydrogen) atoms. The average Bonchev–Trinajstić information content (AvgIpc) is 2.04. The molecule has 1 heterocycles. The summed E-state index contributed by atoms with van der Waals surface area (Å²) < 4.78 is 4.65. The molecule has 4 heteroatoms. The zero-order valence-electron chi connectivity index (χ0n) is 6.94. The van der Waals surface area contributed by atoms with Crippen molar-refractivity contribution in [2.45, 2.75) is 25.3 Å². The number of hydrogen-bond acceptors (Lipinski definition) is 4. The molecule has 0 aliphatic carbocycles. The van der Waals surface area contributed by atoms with E-state index in [1.54, 1.807) is 0 Å². The van der Waals surface area contributed by atoms with Gasteiger partial charge in [-0.2, -0.15) is 0 Å². The van der Waals surface area contributed by atoms with Crippen molar-refractivity contribution in [1.29, 1.82) is 0 Å². The van der Waals surface area contributed by atoms with Gasteiger partial charge in [0.15, 0.2) is 0 Å². The summed E-state index contributed by atoms with van der Waals surface area (Å²) in [6.45, 7) is 2.75. The Balaban J connectivity index is 2.56. The van der Waals surface area contributed by atoms with E-state index in [-0.39, 0.29) is 5.97 Å². The molecule has 1 saturated heterocycles. The highest BCUT2D eigenvalue weighted by Crippen LogP contribution is 2.15. The Kier molecular flexibility index (Phi) is 2.46. The number of carbonyl (C=O) groups excluding carboxylic acids is 1. The number of rotatable bonds is 1. The van der Waals surface area contributed by atoms with Crippen molar-refractivity contribution < 1.29 is 9.53 Å². The number of ether oxygens (including phenoxy) is 1. The van der Waals surface area contributed by atoms with Gasteiger partial charge in [-0.3, -0.25) is 10.2 Å². The summed E-state index contributed by atoms with van der Waals surface area (Å²) in [6, 6.07) is 0. The van der Waals surface area contributed by atoms with Gasteiger partial charge in [0.1, 0.15) is 5.54 Å². The summed E-state index contributed by atoms with van der Waals surface area (Å²) in [5.74, 6) is -0.204. The third-order valence-electron chi connectivity index (χ3n) is 1.98. The average molecular weight is 158 g/mol. The number of hydrogen-bond donors (Lipinski definition) is 2. The van der Waals surface area contributed by atoms with Crippen molar-refractivity contribution in [3.05, 3.63) is 0 Å². The van der Waals surface area contributed by atoms with E-state index < -0.39 is 5.54 Å². The van der Waals surface area contributed by atoms with Gasteiger partial charge in [-0.15, -0.1) is 0 Å². The number of esters is 1. The van der Waals surface area contributed by atoms with Crippen LogP contribution in [-0.4, -0.2) is 25.2 Å². The third-order valence-corrected chi connectivity index (χ3v) is 1.98. The Morgan fingerprint density at radius 2 is 2.36 bits per heavy atom. The molecule has 4 nitrogen and oxygen atoms in total. The van der Waals surface area contributed by atoms with Gasteiger partial charge < -0.3 is 4.74 Å². The topological polar surface area (TPSA) is 50.4 Å². The van der Waals surface area contributed by atoms with Crippen molar-refractivity contribution in [3.8, 4) is 0 Å². The van der Waals surface area contributed by atoms with Crippen LogP contribution in [0.15, 0.2) is 0 Å². The van der Waals surface area contributed by atoms with Gasteiger partial charge in [-0.1, -0.05) is 0 Å². The number of nitrogens with one attached hydrogen (secondary N) is 2. The van der Waals surface area contributed by atoms with Gasteiger partial charge in [0.25, 0.3) is 0 Å². The van der Waals surface area contributed by atoms with Crippen molar-refractivity contribution >= 4 is 5.97 Å². The first-order valence-corrected chi connectivity index (χ1v) is 3.77. The van der Waals surface area contributed by atoms with Crippen LogP contribution in [0.3, 0.4) is 0 Å². The van der Waals surface area contributed by atoms with Gasteiger partial charge in [0, 0.05) is 6.54 Å². The minimum atomic E-state index is -0.535. The molecule has 1 aliphatic heterocycles. The lowest BCUT2D eigenvalue weighted by Crippen LogP contribution is -2.59. The molecule has 0 aromatic rings. The molecule has 0 saturated carbocycles. The smallest absolute Gasteiger partial charge is 0.327 e. The molecule has 1 aliphatic rings. The number of hydrazine groups is 1. The summed E-state index contributed by atoms with van der Waals surface area (Å²) in [5, 5.41) is 0. The summed E-state index contributed by atoms with van der Waals surface area (Å²) >= 11 is 0. The first kappa shape index (κ1) is 8.49. The maximum Gasteiger partial charge on any atom is 0.327 e. The Bertz CT molecular complexity index is 153. The van der Waals surface area contributed by atoms with Crippen LogP contribution in [0.4, 0.5) is 0 Å². The van der Waals surface area contributed by atoms with Gasteiger partial charge >= 0.3 is 5.97 Å². The highest BCUT2D eigenvalue weighted by molar-refractivity contribution is 5.80. The minimum Gasteiger partial charge on any atom is -0.468 e. The molecule has 0 aromatic heterocycles. The minimum absolute atomic E-state index is 0.204. The quantitative estimate of drug-likeness (QED) is 0.519. The van der Waals surface area contributed by atoms with Crippen molar-refractivity contribution in [2.24, 2.45) is 0 Å². The monoisotopic (exact) mass is 158 g/mol. The normalized spacial score (nSPS) is 31.5. The lowest BCUT2D eigenvalue weighted by molar-refractivity contribution is -0.149. The Labute approximate surface area is 66.3 Å². The lowest BCUT2D eigenvalue weighted by Gasteiger charge is -2.32. The summed E-state index contributed by atoms with van der Waals surface area (Å²) in [6.07, 6.45) is 1.82. The molecule has 64 valence electrons. The number of carbonyl (C=O) groups is 1. The van der Waals surface area contributed by atoms with Crippen LogP contribution in [0.2, 0.25) is 0 Å². The summed E-state index contributed by atoms with van der Waals surface area (Å²) in [4.78, 5) is 11.2. The van der Waals surface area contributed by atoms with Crippen LogP contribution in [0.25, 0.3) is 0 Å². The molecule has 0 bridgehead atoms. The second-order valence-corrected chi connectivity index (χ2v) is 2.98. The second kappa shape index (κ2) is 3.19. The van der Waals surface area contributed by atoms with E-state index >= 15 is 0 Å². The van der Waals surface area contributed by atoms with Crippen molar-refractivity contribution in [2.75, 3.05) is 13.7 Å². The van der Waals surface area contributed by atoms with E-state index in [1.807, 2.05) is 6.92 Å². The van der Waals surface area contributed by atoms with E-state index in [0.29, 0.717) is 0 Å². The first-order valence-electron chi connectivity index (χ1n) is 3.77. The molecular formula is C7H14N2O2. The Hall–Kier alpha value is -0.610. The molecule has 0 aromatic carbocycles. The van der Waals surface area contributed by atoms with Gasteiger partial charge in [0.05, 0.1) is 7.11 Å². The van der Waals surface area contributed by atoms with Crippen LogP contribution in [0.1, 0.15) is 19.8 Å². The van der Waals surface area contributed by atoms with Crippen LogP contribution in [-0.2, 0) is 9.53 Å². The Morgan fingerprint density at radius 1 is 1.64 bits per heavy atom. The summed E-state index contributed by atoms with van der Waals surface area (Å²) in [7, 11) is 1.41. The molecule has 0 radical (unpaired) electrons. The molecule has 1 atom stereocenters.